The molecule has 1 aliphatic heterocycles. The van der Waals surface area contributed by atoms with Crippen LogP contribution in [-0.2, 0) is 27.7 Å². The fraction of sp³-hybridized carbons (Fsp3) is 0.650. The first kappa shape index (κ1) is 19.4. The van der Waals surface area contributed by atoms with Gasteiger partial charge >= 0.3 is 0 Å². The molecular weight excluding hydrogens is 348 g/mol. The Hall–Kier alpha value is -1.40. The number of rotatable bonds is 7. The minimum atomic E-state index is -3.46. The lowest BCUT2D eigenvalue weighted by molar-refractivity contribution is -0.126. The molecule has 1 amide bonds. The van der Waals surface area contributed by atoms with Crippen LogP contribution in [0.5, 0.6) is 0 Å². The minimum Gasteiger partial charge on any atom is -0.356 e. The van der Waals surface area contributed by atoms with Crippen LogP contribution in [0, 0.1) is 5.92 Å². The molecule has 1 aromatic carbocycles. The number of unbranched alkanes of at least 4 members (excludes halogenated alkanes) is 2. The van der Waals surface area contributed by atoms with Crippen LogP contribution in [0.25, 0.3) is 0 Å². The number of carbonyl (C=O) groups excluding carboxylic acids is 1. The van der Waals surface area contributed by atoms with Crippen LogP contribution >= 0.6 is 0 Å². The van der Waals surface area contributed by atoms with Gasteiger partial charge in [0, 0.05) is 25.6 Å². The molecule has 0 spiro atoms. The smallest absolute Gasteiger partial charge is 0.243 e. The predicted molar refractivity (Wildman–Crippen MR) is 102 cm³/mol. The summed E-state index contributed by atoms with van der Waals surface area (Å²) < 4.78 is 27.4. The van der Waals surface area contributed by atoms with E-state index in [1.807, 2.05) is 12.1 Å². The van der Waals surface area contributed by atoms with Crippen LogP contribution in [0.15, 0.2) is 23.1 Å². The molecule has 0 radical (unpaired) electrons. The number of benzene rings is 1. The quantitative estimate of drug-likeness (QED) is 0.742. The summed E-state index contributed by atoms with van der Waals surface area (Å²) in [5.74, 6) is 0.0128. The second-order valence-electron chi connectivity index (χ2n) is 7.46. The molecule has 5 nitrogen and oxygen atoms in total. The Bertz CT molecular complexity index is 737. The van der Waals surface area contributed by atoms with Crippen molar-refractivity contribution in [3.63, 3.8) is 0 Å². The van der Waals surface area contributed by atoms with Crippen LogP contribution in [0.1, 0.15) is 56.6 Å². The Labute approximate surface area is 157 Å². The highest BCUT2D eigenvalue weighted by Crippen LogP contribution is 2.28. The largest absolute Gasteiger partial charge is 0.356 e. The molecule has 6 heteroatoms. The SMILES string of the molecule is CCCCCNC(=O)C1CCN(S(=O)(=O)c2ccc3c(c2)CCC3)CC1. The van der Waals surface area contributed by atoms with Gasteiger partial charge in [-0.3, -0.25) is 4.79 Å². The van der Waals surface area contributed by atoms with Crippen molar-refractivity contribution in [3.8, 4) is 0 Å². The van der Waals surface area contributed by atoms with E-state index in [4.69, 9.17) is 0 Å². The third-order valence-corrected chi connectivity index (χ3v) is 7.51. The topological polar surface area (TPSA) is 66.5 Å². The van der Waals surface area contributed by atoms with E-state index in [0.29, 0.717) is 30.8 Å². The first-order valence-electron chi connectivity index (χ1n) is 9.92. The number of amides is 1. The van der Waals surface area contributed by atoms with Gasteiger partial charge in [-0.2, -0.15) is 4.31 Å². The molecule has 0 atom stereocenters. The van der Waals surface area contributed by atoms with Gasteiger partial charge in [0.15, 0.2) is 0 Å². The summed E-state index contributed by atoms with van der Waals surface area (Å²) in [5, 5.41) is 2.99. The maximum Gasteiger partial charge on any atom is 0.243 e. The lowest BCUT2D eigenvalue weighted by atomic mass is 9.97. The zero-order chi connectivity index (χ0) is 18.6. The lowest BCUT2D eigenvalue weighted by Gasteiger charge is -2.30. The molecule has 1 N–H and O–H groups in total. The number of aryl methyl sites for hydroxylation is 2. The maximum atomic E-state index is 12.9. The van der Waals surface area contributed by atoms with Crippen molar-refractivity contribution < 1.29 is 13.2 Å². The summed E-state index contributed by atoms with van der Waals surface area (Å²) in [4.78, 5) is 12.6. The van der Waals surface area contributed by atoms with Crippen molar-refractivity contribution in [3.05, 3.63) is 29.3 Å². The van der Waals surface area contributed by atoms with Gasteiger partial charge in [-0.15, -0.1) is 0 Å². The Kier molecular flexibility index (Phi) is 6.35. The molecule has 0 unspecified atom stereocenters. The fourth-order valence-corrected chi connectivity index (χ4v) is 5.47. The predicted octanol–water partition coefficient (Wildman–Crippen LogP) is 2.88. The lowest BCUT2D eigenvalue weighted by Crippen LogP contribution is -2.43. The first-order chi connectivity index (χ1) is 12.5. The van der Waals surface area contributed by atoms with E-state index in [1.54, 1.807) is 10.4 Å². The molecule has 0 bridgehead atoms. The van der Waals surface area contributed by atoms with Crippen LogP contribution in [0.4, 0.5) is 0 Å². The zero-order valence-electron chi connectivity index (χ0n) is 15.7. The number of sulfonamides is 1. The van der Waals surface area contributed by atoms with Crippen LogP contribution in [-0.4, -0.2) is 38.3 Å². The number of carbonyl (C=O) groups is 1. The summed E-state index contributed by atoms with van der Waals surface area (Å²) in [7, 11) is -3.46. The van der Waals surface area contributed by atoms with Crippen molar-refractivity contribution in [1.82, 2.24) is 9.62 Å². The second kappa shape index (κ2) is 8.53. The molecule has 1 aromatic rings. The molecule has 2 aliphatic rings. The molecule has 3 rings (SSSR count). The van der Waals surface area contributed by atoms with E-state index in [0.717, 1.165) is 45.1 Å². The summed E-state index contributed by atoms with van der Waals surface area (Å²) in [6.07, 6.45) is 7.60. The second-order valence-corrected chi connectivity index (χ2v) is 9.40. The fourth-order valence-electron chi connectivity index (χ4n) is 3.95. The van der Waals surface area contributed by atoms with Gasteiger partial charge in [-0.25, -0.2) is 8.42 Å². The van der Waals surface area contributed by atoms with Gasteiger partial charge in [-0.05, 0) is 61.8 Å². The van der Waals surface area contributed by atoms with E-state index < -0.39 is 10.0 Å². The van der Waals surface area contributed by atoms with Crippen LogP contribution in [0.3, 0.4) is 0 Å². The maximum absolute atomic E-state index is 12.9. The number of hydrogen-bond donors (Lipinski definition) is 1. The summed E-state index contributed by atoms with van der Waals surface area (Å²) >= 11 is 0. The van der Waals surface area contributed by atoms with Crippen molar-refractivity contribution in [2.75, 3.05) is 19.6 Å². The highest BCUT2D eigenvalue weighted by atomic mass is 32.2. The van der Waals surface area contributed by atoms with E-state index in [-0.39, 0.29) is 11.8 Å². The number of fused-ring (bicyclic) bond motifs is 1. The Balaban J connectivity index is 1.56. The highest BCUT2D eigenvalue weighted by molar-refractivity contribution is 7.89. The highest BCUT2D eigenvalue weighted by Gasteiger charge is 2.32. The molecule has 144 valence electrons. The Morgan fingerprint density at radius 3 is 2.62 bits per heavy atom. The number of hydrogen-bond acceptors (Lipinski definition) is 3. The summed E-state index contributed by atoms with van der Waals surface area (Å²) in [6.45, 7) is 3.71. The monoisotopic (exact) mass is 378 g/mol. The number of nitrogens with zero attached hydrogens (tertiary/aromatic N) is 1. The average Bonchev–Trinajstić information content (AvgIpc) is 3.13. The molecule has 1 fully saturated rings. The normalized spacial score (nSPS) is 18.7. The van der Waals surface area contributed by atoms with Gasteiger partial charge in [0.2, 0.25) is 15.9 Å². The molecule has 26 heavy (non-hydrogen) atoms. The van der Waals surface area contributed by atoms with Crippen molar-refractivity contribution in [1.29, 1.82) is 0 Å². The molecule has 1 aliphatic carbocycles. The van der Waals surface area contributed by atoms with Crippen LogP contribution in [0.2, 0.25) is 0 Å². The Morgan fingerprint density at radius 2 is 1.88 bits per heavy atom. The molecule has 0 saturated carbocycles. The van der Waals surface area contributed by atoms with Crippen molar-refractivity contribution in [2.24, 2.45) is 5.92 Å². The van der Waals surface area contributed by atoms with E-state index >= 15 is 0 Å². The third-order valence-electron chi connectivity index (χ3n) is 5.61. The average molecular weight is 379 g/mol. The first-order valence-corrected chi connectivity index (χ1v) is 11.4. The van der Waals surface area contributed by atoms with Crippen molar-refractivity contribution in [2.45, 2.75) is 63.2 Å². The van der Waals surface area contributed by atoms with Gasteiger partial charge < -0.3 is 5.32 Å². The minimum absolute atomic E-state index is 0.0666. The van der Waals surface area contributed by atoms with Gasteiger partial charge in [-0.1, -0.05) is 25.8 Å². The van der Waals surface area contributed by atoms with E-state index in [9.17, 15) is 13.2 Å². The molecule has 1 heterocycles. The Morgan fingerprint density at radius 1 is 1.15 bits per heavy atom. The van der Waals surface area contributed by atoms with Gasteiger partial charge in [0.05, 0.1) is 4.90 Å². The van der Waals surface area contributed by atoms with Gasteiger partial charge in [0.1, 0.15) is 0 Å². The molecular formula is C20H30N2O3S. The zero-order valence-corrected chi connectivity index (χ0v) is 16.5. The van der Waals surface area contributed by atoms with Crippen LogP contribution < -0.4 is 5.32 Å². The summed E-state index contributed by atoms with van der Waals surface area (Å²) in [5.41, 5.74) is 2.45. The van der Waals surface area contributed by atoms with E-state index in [1.165, 1.54) is 11.1 Å². The van der Waals surface area contributed by atoms with Gasteiger partial charge in [0.25, 0.3) is 0 Å². The summed E-state index contributed by atoms with van der Waals surface area (Å²) in [6, 6.07) is 5.56. The standard InChI is InChI=1S/C20H30N2O3S/c1-2-3-4-12-21-20(23)17-10-13-22(14-11-17)26(24,25)19-9-8-16-6-5-7-18(16)15-19/h8-9,15,17H,2-7,10-14H2,1H3,(H,21,23). The van der Waals surface area contributed by atoms with E-state index in [2.05, 4.69) is 12.2 Å². The third kappa shape index (κ3) is 4.29. The molecule has 1 saturated heterocycles. The number of nitrogens with one attached hydrogen (secondary N) is 1. The van der Waals surface area contributed by atoms with Crippen molar-refractivity contribution >= 4 is 15.9 Å². The number of piperidine rings is 1. The molecule has 0 aromatic heterocycles.